The summed E-state index contributed by atoms with van der Waals surface area (Å²) in [7, 11) is 0. The molecule has 1 atom stereocenters. The van der Waals surface area contributed by atoms with Crippen LogP contribution in [0.5, 0.6) is 0 Å². The van der Waals surface area contributed by atoms with Crippen molar-refractivity contribution in [1.29, 1.82) is 0 Å². The SMILES string of the molecule is CC[C@@H](C)NC(=O)CCc1nnc2n(Cc3ccc(Cl)cc3)c(=O)c3ccccc3n12. The van der Waals surface area contributed by atoms with Crippen molar-refractivity contribution in [1.82, 2.24) is 24.5 Å². The summed E-state index contributed by atoms with van der Waals surface area (Å²) in [5, 5.41) is 12.8. The lowest BCUT2D eigenvalue weighted by molar-refractivity contribution is -0.121. The zero-order valence-electron chi connectivity index (χ0n) is 17.5. The second kappa shape index (κ2) is 8.89. The van der Waals surface area contributed by atoms with Crippen LogP contribution in [0.2, 0.25) is 5.02 Å². The van der Waals surface area contributed by atoms with Gasteiger partial charge in [-0.05, 0) is 43.2 Å². The van der Waals surface area contributed by atoms with Crippen LogP contribution < -0.4 is 10.9 Å². The third-order valence-electron chi connectivity index (χ3n) is 5.42. The van der Waals surface area contributed by atoms with E-state index in [1.807, 2.05) is 48.6 Å². The van der Waals surface area contributed by atoms with Crippen LogP contribution in [0.25, 0.3) is 16.7 Å². The van der Waals surface area contributed by atoms with E-state index in [1.165, 1.54) is 0 Å². The van der Waals surface area contributed by atoms with Crippen LogP contribution >= 0.6 is 11.6 Å². The highest BCUT2D eigenvalue weighted by Gasteiger charge is 2.17. The highest BCUT2D eigenvalue weighted by atomic mass is 35.5. The minimum absolute atomic E-state index is 0.0232. The average molecular weight is 438 g/mol. The second-order valence-corrected chi connectivity index (χ2v) is 8.10. The number of para-hydroxylation sites is 1. The van der Waals surface area contributed by atoms with Crippen LogP contribution in [0.15, 0.2) is 53.3 Å². The molecule has 0 saturated carbocycles. The van der Waals surface area contributed by atoms with Gasteiger partial charge in [0.05, 0.1) is 17.4 Å². The number of aryl methyl sites for hydroxylation is 1. The Hall–Kier alpha value is -3.19. The van der Waals surface area contributed by atoms with Gasteiger partial charge in [-0.3, -0.25) is 18.6 Å². The van der Waals surface area contributed by atoms with Crippen molar-refractivity contribution in [3.8, 4) is 0 Å². The maximum atomic E-state index is 13.2. The van der Waals surface area contributed by atoms with E-state index < -0.39 is 0 Å². The van der Waals surface area contributed by atoms with Crippen molar-refractivity contribution in [3.05, 3.63) is 75.3 Å². The highest BCUT2D eigenvalue weighted by Crippen LogP contribution is 2.17. The van der Waals surface area contributed by atoms with E-state index in [2.05, 4.69) is 15.5 Å². The number of halogens is 1. The molecule has 0 aliphatic carbocycles. The summed E-state index contributed by atoms with van der Waals surface area (Å²) >= 11 is 6.00. The Morgan fingerprint density at radius 1 is 1.13 bits per heavy atom. The lowest BCUT2D eigenvalue weighted by atomic mass is 10.2. The van der Waals surface area contributed by atoms with Crippen LogP contribution in [0.4, 0.5) is 0 Å². The molecule has 2 aromatic carbocycles. The van der Waals surface area contributed by atoms with E-state index in [-0.39, 0.29) is 17.5 Å². The minimum Gasteiger partial charge on any atom is -0.354 e. The number of benzene rings is 2. The van der Waals surface area contributed by atoms with Crippen LogP contribution in [0.3, 0.4) is 0 Å². The van der Waals surface area contributed by atoms with Gasteiger partial charge < -0.3 is 5.32 Å². The number of amides is 1. The van der Waals surface area contributed by atoms with Gasteiger partial charge in [0.1, 0.15) is 5.82 Å². The predicted molar refractivity (Wildman–Crippen MR) is 122 cm³/mol. The number of nitrogens with one attached hydrogen (secondary N) is 1. The maximum absolute atomic E-state index is 13.2. The Morgan fingerprint density at radius 2 is 1.87 bits per heavy atom. The molecule has 0 aliphatic rings. The van der Waals surface area contributed by atoms with E-state index >= 15 is 0 Å². The van der Waals surface area contributed by atoms with Gasteiger partial charge in [0, 0.05) is 23.9 Å². The molecule has 0 saturated heterocycles. The van der Waals surface area contributed by atoms with Crippen LogP contribution in [0.1, 0.15) is 38.1 Å². The molecule has 31 heavy (non-hydrogen) atoms. The van der Waals surface area contributed by atoms with Crippen LogP contribution in [-0.4, -0.2) is 31.1 Å². The molecule has 0 spiro atoms. The molecule has 0 fully saturated rings. The summed E-state index contributed by atoms with van der Waals surface area (Å²) < 4.78 is 3.49. The largest absolute Gasteiger partial charge is 0.354 e. The Morgan fingerprint density at radius 3 is 2.61 bits per heavy atom. The van der Waals surface area contributed by atoms with Crippen molar-refractivity contribution < 1.29 is 4.79 Å². The lowest BCUT2D eigenvalue weighted by Crippen LogP contribution is -2.32. The number of nitrogens with zero attached hydrogens (tertiary/aromatic N) is 4. The number of hydrogen-bond donors (Lipinski definition) is 1. The number of carbonyl (C=O) groups excluding carboxylic acids is 1. The fraction of sp³-hybridized carbons (Fsp3) is 0.304. The van der Waals surface area contributed by atoms with Crippen molar-refractivity contribution in [3.63, 3.8) is 0 Å². The fourth-order valence-corrected chi connectivity index (χ4v) is 3.69. The van der Waals surface area contributed by atoms with Gasteiger partial charge in [0.2, 0.25) is 11.7 Å². The lowest BCUT2D eigenvalue weighted by Gasteiger charge is -2.12. The van der Waals surface area contributed by atoms with Crippen molar-refractivity contribution in [2.45, 2.75) is 45.7 Å². The Kier molecular flexibility index (Phi) is 6.04. The number of rotatable bonds is 7. The Labute approximate surface area is 184 Å². The van der Waals surface area contributed by atoms with Gasteiger partial charge >= 0.3 is 0 Å². The molecule has 160 valence electrons. The molecule has 2 aromatic heterocycles. The molecule has 0 radical (unpaired) electrons. The molecule has 8 heteroatoms. The zero-order chi connectivity index (χ0) is 22.0. The normalized spacial score (nSPS) is 12.4. The van der Waals surface area contributed by atoms with Crippen molar-refractivity contribution in [2.75, 3.05) is 0 Å². The smallest absolute Gasteiger partial charge is 0.263 e. The third-order valence-corrected chi connectivity index (χ3v) is 5.68. The van der Waals surface area contributed by atoms with Gasteiger partial charge in [0.15, 0.2) is 0 Å². The molecular weight excluding hydrogens is 414 g/mol. The first kappa shape index (κ1) is 21.1. The van der Waals surface area contributed by atoms with E-state index in [0.29, 0.717) is 41.4 Å². The van der Waals surface area contributed by atoms with Crippen molar-refractivity contribution in [2.24, 2.45) is 0 Å². The number of aromatic nitrogens is 4. The molecule has 0 aliphatic heterocycles. The van der Waals surface area contributed by atoms with Crippen LogP contribution in [-0.2, 0) is 17.8 Å². The Balaban J connectivity index is 1.76. The molecule has 4 rings (SSSR count). The van der Waals surface area contributed by atoms with Gasteiger partial charge in [0.25, 0.3) is 5.56 Å². The molecular formula is C23H24ClN5O2. The summed E-state index contributed by atoms with van der Waals surface area (Å²) in [6.45, 7) is 4.35. The van der Waals surface area contributed by atoms with Crippen LogP contribution in [0, 0.1) is 0 Å². The summed E-state index contributed by atoms with van der Waals surface area (Å²) in [6, 6.07) is 14.9. The molecule has 4 aromatic rings. The number of fused-ring (bicyclic) bond motifs is 3. The summed E-state index contributed by atoms with van der Waals surface area (Å²) in [5.74, 6) is 1.08. The van der Waals surface area contributed by atoms with E-state index in [4.69, 9.17) is 11.6 Å². The second-order valence-electron chi connectivity index (χ2n) is 7.66. The van der Waals surface area contributed by atoms with E-state index in [0.717, 1.165) is 17.5 Å². The van der Waals surface area contributed by atoms with E-state index in [9.17, 15) is 9.59 Å². The topological polar surface area (TPSA) is 81.3 Å². The standard InChI is InChI=1S/C23H24ClN5O2/c1-3-15(2)25-21(30)13-12-20-26-27-23-28(14-16-8-10-17(24)11-9-16)22(31)18-6-4-5-7-19(18)29(20)23/h4-11,15H,3,12-14H2,1-2H3,(H,25,30)/t15-/m1/s1. The summed E-state index contributed by atoms with van der Waals surface area (Å²) in [6.07, 6.45) is 1.60. The summed E-state index contributed by atoms with van der Waals surface area (Å²) in [4.78, 5) is 25.5. The number of hydrogen-bond acceptors (Lipinski definition) is 4. The quantitative estimate of drug-likeness (QED) is 0.479. The minimum atomic E-state index is -0.133. The maximum Gasteiger partial charge on any atom is 0.263 e. The zero-order valence-corrected chi connectivity index (χ0v) is 18.3. The molecule has 1 amide bonds. The first-order valence-electron chi connectivity index (χ1n) is 10.4. The molecule has 0 unspecified atom stereocenters. The monoisotopic (exact) mass is 437 g/mol. The molecule has 1 N–H and O–H groups in total. The van der Waals surface area contributed by atoms with E-state index in [1.54, 1.807) is 22.8 Å². The number of carbonyl (C=O) groups is 1. The third kappa shape index (κ3) is 4.32. The van der Waals surface area contributed by atoms with Gasteiger partial charge in [-0.15, -0.1) is 10.2 Å². The van der Waals surface area contributed by atoms with Gasteiger partial charge in [-0.1, -0.05) is 42.8 Å². The van der Waals surface area contributed by atoms with Crippen molar-refractivity contribution >= 4 is 34.2 Å². The molecule has 7 nitrogen and oxygen atoms in total. The summed E-state index contributed by atoms with van der Waals surface area (Å²) in [5.41, 5.74) is 1.53. The van der Waals surface area contributed by atoms with Gasteiger partial charge in [-0.2, -0.15) is 0 Å². The first-order valence-corrected chi connectivity index (χ1v) is 10.7. The first-order chi connectivity index (χ1) is 15.0. The molecule has 0 bridgehead atoms. The van der Waals surface area contributed by atoms with Gasteiger partial charge in [-0.25, -0.2) is 0 Å². The Bertz CT molecular complexity index is 1290. The predicted octanol–water partition coefficient (Wildman–Crippen LogP) is 3.59. The molecule has 2 heterocycles. The highest BCUT2D eigenvalue weighted by molar-refractivity contribution is 6.30. The average Bonchev–Trinajstić information content (AvgIpc) is 3.20. The fourth-order valence-electron chi connectivity index (χ4n) is 3.57.